The first-order chi connectivity index (χ1) is 8.61. The topological polar surface area (TPSA) is 55.2 Å². The molecule has 0 saturated heterocycles. The molecule has 0 spiro atoms. The molecule has 94 valence electrons. The third-order valence-electron chi connectivity index (χ3n) is 2.57. The van der Waals surface area contributed by atoms with Gasteiger partial charge in [0.2, 0.25) is 4.77 Å². The molecule has 1 aromatic carbocycles. The van der Waals surface area contributed by atoms with Gasteiger partial charge in [0.1, 0.15) is 11.6 Å². The van der Waals surface area contributed by atoms with Gasteiger partial charge in [-0.15, -0.1) is 0 Å². The standard InChI is InChI=1S/C12H14N4OS/c1-8-4-5-10(6-11(8)17-3)7-13-16-9(2)14-15-12(16)18/h4-7H,1-3H3,(H,15,18)/b13-7-. The summed E-state index contributed by atoms with van der Waals surface area (Å²) in [5, 5.41) is 10.9. The van der Waals surface area contributed by atoms with Crippen LogP contribution in [0.5, 0.6) is 5.75 Å². The van der Waals surface area contributed by atoms with E-state index < -0.39 is 0 Å². The lowest BCUT2D eigenvalue weighted by atomic mass is 10.1. The maximum atomic E-state index is 5.26. The summed E-state index contributed by atoms with van der Waals surface area (Å²) in [7, 11) is 1.65. The van der Waals surface area contributed by atoms with Gasteiger partial charge in [-0.05, 0) is 43.3 Å². The number of aryl methyl sites for hydroxylation is 2. The molecule has 0 aliphatic carbocycles. The lowest BCUT2D eigenvalue weighted by Gasteiger charge is -2.04. The number of nitrogens with one attached hydrogen (secondary N) is 1. The van der Waals surface area contributed by atoms with Gasteiger partial charge in [0, 0.05) is 0 Å². The minimum Gasteiger partial charge on any atom is -0.496 e. The van der Waals surface area contributed by atoms with E-state index in [2.05, 4.69) is 15.3 Å². The van der Waals surface area contributed by atoms with Gasteiger partial charge in [0.05, 0.1) is 13.3 Å². The molecule has 0 amide bonds. The molecule has 0 saturated carbocycles. The fraction of sp³-hybridized carbons (Fsp3) is 0.250. The van der Waals surface area contributed by atoms with Crippen LogP contribution in [-0.2, 0) is 0 Å². The second-order valence-corrected chi connectivity index (χ2v) is 4.25. The van der Waals surface area contributed by atoms with Crippen LogP contribution in [0.25, 0.3) is 0 Å². The smallest absolute Gasteiger partial charge is 0.216 e. The van der Waals surface area contributed by atoms with E-state index in [9.17, 15) is 0 Å². The zero-order valence-corrected chi connectivity index (χ0v) is 11.3. The van der Waals surface area contributed by atoms with Crippen molar-refractivity contribution in [1.29, 1.82) is 0 Å². The van der Waals surface area contributed by atoms with Crippen molar-refractivity contribution in [2.75, 3.05) is 7.11 Å². The van der Waals surface area contributed by atoms with Gasteiger partial charge < -0.3 is 4.74 Å². The van der Waals surface area contributed by atoms with Gasteiger partial charge in [0.25, 0.3) is 0 Å². The number of aromatic nitrogens is 3. The Morgan fingerprint density at radius 1 is 1.44 bits per heavy atom. The summed E-state index contributed by atoms with van der Waals surface area (Å²) in [6.45, 7) is 3.83. The van der Waals surface area contributed by atoms with Gasteiger partial charge in [-0.1, -0.05) is 12.1 Å². The number of hydrogen-bond acceptors (Lipinski definition) is 4. The lowest BCUT2D eigenvalue weighted by molar-refractivity contribution is 0.411. The van der Waals surface area contributed by atoms with Crippen LogP contribution in [0.2, 0.25) is 0 Å². The molecule has 0 unspecified atom stereocenters. The zero-order chi connectivity index (χ0) is 13.1. The fourth-order valence-corrected chi connectivity index (χ4v) is 1.77. The SMILES string of the molecule is COc1cc(/C=N\n2c(C)n[nH]c2=S)ccc1C. The van der Waals surface area contributed by atoms with Crippen LogP contribution in [0, 0.1) is 18.6 Å². The summed E-state index contributed by atoms with van der Waals surface area (Å²) in [6, 6.07) is 5.89. The average molecular weight is 262 g/mol. The molecular weight excluding hydrogens is 248 g/mol. The van der Waals surface area contributed by atoms with Crippen molar-refractivity contribution in [2.45, 2.75) is 13.8 Å². The number of aromatic amines is 1. The van der Waals surface area contributed by atoms with Crippen molar-refractivity contribution in [2.24, 2.45) is 5.10 Å². The summed E-state index contributed by atoms with van der Waals surface area (Å²) >= 11 is 5.06. The molecule has 0 bridgehead atoms. The fourth-order valence-electron chi connectivity index (χ4n) is 1.55. The van der Waals surface area contributed by atoms with Crippen LogP contribution in [0.3, 0.4) is 0 Å². The molecule has 0 aliphatic heterocycles. The Morgan fingerprint density at radius 3 is 2.83 bits per heavy atom. The Bertz CT molecular complexity index is 642. The van der Waals surface area contributed by atoms with Gasteiger partial charge in [-0.3, -0.25) is 5.10 Å². The first kappa shape index (κ1) is 12.5. The van der Waals surface area contributed by atoms with Crippen molar-refractivity contribution >= 4 is 18.4 Å². The Labute approximate surface area is 110 Å². The Kier molecular flexibility index (Phi) is 3.57. The van der Waals surface area contributed by atoms with Crippen molar-refractivity contribution in [3.63, 3.8) is 0 Å². The monoisotopic (exact) mass is 262 g/mol. The van der Waals surface area contributed by atoms with Gasteiger partial charge in [0.15, 0.2) is 0 Å². The average Bonchev–Trinajstić information content (AvgIpc) is 2.68. The summed E-state index contributed by atoms with van der Waals surface area (Å²) in [6.07, 6.45) is 1.72. The van der Waals surface area contributed by atoms with Crippen molar-refractivity contribution in [3.8, 4) is 5.75 Å². The summed E-state index contributed by atoms with van der Waals surface area (Å²) in [4.78, 5) is 0. The Balaban J connectivity index is 2.32. The molecule has 5 nitrogen and oxygen atoms in total. The molecule has 6 heteroatoms. The van der Waals surface area contributed by atoms with Crippen LogP contribution in [0.1, 0.15) is 17.0 Å². The predicted molar refractivity (Wildman–Crippen MR) is 72.9 cm³/mol. The molecule has 1 aromatic heterocycles. The predicted octanol–water partition coefficient (Wildman–Crippen LogP) is 2.45. The molecule has 0 fully saturated rings. The lowest BCUT2D eigenvalue weighted by Crippen LogP contribution is -1.95. The molecule has 0 aliphatic rings. The van der Waals surface area contributed by atoms with Crippen LogP contribution >= 0.6 is 12.2 Å². The Morgan fingerprint density at radius 2 is 2.22 bits per heavy atom. The van der Waals surface area contributed by atoms with E-state index in [1.807, 2.05) is 32.0 Å². The van der Waals surface area contributed by atoms with Crippen molar-refractivity contribution in [3.05, 3.63) is 39.9 Å². The maximum absolute atomic E-state index is 5.26. The highest BCUT2D eigenvalue weighted by molar-refractivity contribution is 7.71. The van der Waals surface area contributed by atoms with E-state index in [1.165, 1.54) is 0 Å². The molecule has 2 aromatic rings. The van der Waals surface area contributed by atoms with Gasteiger partial charge in [-0.2, -0.15) is 14.9 Å². The van der Waals surface area contributed by atoms with E-state index in [0.29, 0.717) is 4.77 Å². The van der Waals surface area contributed by atoms with Crippen molar-refractivity contribution < 1.29 is 4.74 Å². The summed E-state index contributed by atoms with van der Waals surface area (Å²) < 4.78 is 7.31. The van der Waals surface area contributed by atoms with Gasteiger partial charge >= 0.3 is 0 Å². The maximum Gasteiger partial charge on any atom is 0.216 e. The number of methoxy groups -OCH3 is 1. The zero-order valence-electron chi connectivity index (χ0n) is 10.5. The van der Waals surface area contributed by atoms with Gasteiger partial charge in [-0.25, -0.2) is 0 Å². The number of benzene rings is 1. The first-order valence-corrected chi connectivity index (χ1v) is 5.85. The highest BCUT2D eigenvalue weighted by atomic mass is 32.1. The molecule has 2 rings (SSSR count). The van der Waals surface area contributed by atoms with Crippen LogP contribution < -0.4 is 4.74 Å². The highest BCUT2D eigenvalue weighted by Crippen LogP contribution is 2.17. The quantitative estimate of drug-likeness (QED) is 0.683. The molecule has 1 N–H and O–H groups in total. The minimum absolute atomic E-state index is 0.475. The molecule has 18 heavy (non-hydrogen) atoms. The largest absolute Gasteiger partial charge is 0.496 e. The summed E-state index contributed by atoms with van der Waals surface area (Å²) in [5.41, 5.74) is 2.03. The number of ether oxygens (including phenoxy) is 1. The minimum atomic E-state index is 0.475. The number of nitrogens with zero attached hydrogens (tertiary/aromatic N) is 3. The van der Waals surface area contributed by atoms with Crippen LogP contribution in [0.15, 0.2) is 23.3 Å². The van der Waals surface area contributed by atoms with E-state index in [1.54, 1.807) is 18.0 Å². The molecule has 0 radical (unpaired) electrons. The van der Waals surface area contributed by atoms with E-state index in [4.69, 9.17) is 17.0 Å². The normalized spacial score (nSPS) is 11.1. The molecule has 0 atom stereocenters. The number of rotatable bonds is 3. The number of H-pyrrole nitrogens is 1. The molecule has 1 heterocycles. The molecular formula is C12H14N4OS. The Hall–Kier alpha value is -1.95. The third kappa shape index (κ3) is 2.48. The second kappa shape index (κ2) is 5.14. The van der Waals surface area contributed by atoms with E-state index >= 15 is 0 Å². The summed E-state index contributed by atoms with van der Waals surface area (Å²) in [5.74, 6) is 1.56. The number of hydrogen-bond donors (Lipinski definition) is 1. The third-order valence-corrected chi connectivity index (χ3v) is 2.83. The van der Waals surface area contributed by atoms with Crippen LogP contribution in [-0.4, -0.2) is 28.2 Å². The highest BCUT2D eigenvalue weighted by Gasteiger charge is 2.00. The van der Waals surface area contributed by atoms with Crippen molar-refractivity contribution in [1.82, 2.24) is 14.9 Å². The second-order valence-electron chi connectivity index (χ2n) is 3.86. The van der Waals surface area contributed by atoms with E-state index in [0.717, 1.165) is 22.7 Å². The van der Waals surface area contributed by atoms with Crippen LogP contribution in [0.4, 0.5) is 0 Å². The first-order valence-electron chi connectivity index (χ1n) is 5.45. The van der Waals surface area contributed by atoms with E-state index in [-0.39, 0.29) is 0 Å².